The van der Waals surface area contributed by atoms with E-state index in [2.05, 4.69) is 19.2 Å². The van der Waals surface area contributed by atoms with Crippen molar-refractivity contribution in [3.05, 3.63) is 16.5 Å². The number of aliphatic hydroxyl groups excluding tert-OH is 1. The summed E-state index contributed by atoms with van der Waals surface area (Å²) in [6.45, 7) is 10.2. The van der Waals surface area contributed by atoms with E-state index in [0.29, 0.717) is 11.5 Å². The van der Waals surface area contributed by atoms with Crippen LogP contribution in [0.4, 0.5) is 5.00 Å². The molecule has 0 aliphatic carbocycles. The topological polar surface area (TPSA) is 61.8 Å². The molecule has 0 aliphatic heterocycles. The van der Waals surface area contributed by atoms with Gasteiger partial charge in [-0.2, -0.15) is 0 Å². The van der Waals surface area contributed by atoms with Crippen molar-refractivity contribution >= 4 is 22.3 Å². The molecule has 1 aromatic heterocycles. The fraction of sp³-hybridized carbons (Fsp3) is 0.706. The molecule has 0 aliphatic rings. The molecule has 1 heterocycles. The van der Waals surface area contributed by atoms with Crippen molar-refractivity contribution in [3.8, 4) is 0 Å². The van der Waals surface area contributed by atoms with Gasteiger partial charge in [0.25, 0.3) is 0 Å². The summed E-state index contributed by atoms with van der Waals surface area (Å²) in [5.74, 6) is 0.0304. The lowest BCUT2D eigenvalue weighted by atomic mass is 10.0. The van der Waals surface area contributed by atoms with Crippen molar-refractivity contribution < 1.29 is 14.6 Å². The molecule has 0 saturated carbocycles. The largest absolute Gasteiger partial charge is 0.465 e. The van der Waals surface area contributed by atoms with Crippen molar-refractivity contribution in [2.75, 3.05) is 32.2 Å². The van der Waals surface area contributed by atoms with Gasteiger partial charge >= 0.3 is 5.97 Å². The van der Waals surface area contributed by atoms with Gasteiger partial charge < -0.3 is 15.2 Å². The van der Waals surface area contributed by atoms with E-state index in [1.54, 1.807) is 11.3 Å². The number of ether oxygens (including phenoxy) is 1. The average molecular weight is 343 g/mol. The van der Waals surface area contributed by atoms with Gasteiger partial charge in [0.15, 0.2) is 0 Å². The zero-order valence-corrected chi connectivity index (χ0v) is 15.7. The fourth-order valence-corrected chi connectivity index (χ4v) is 3.65. The first-order chi connectivity index (χ1) is 10.9. The number of carbonyl (C=O) groups is 1. The van der Waals surface area contributed by atoms with Crippen molar-refractivity contribution in [2.45, 2.75) is 52.5 Å². The Balaban J connectivity index is 2.81. The van der Waals surface area contributed by atoms with E-state index in [9.17, 15) is 9.90 Å². The van der Waals surface area contributed by atoms with E-state index >= 15 is 0 Å². The summed E-state index contributed by atoms with van der Waals surface area (Å²) in [4.78, 5) is 15.2. The Hall–Kier alpha value is -1.11. The molecular weight excluding hydrogens is 312 g/mol. The Kier molecular flexibility index (Phi) is 8.58. The Morgan fingerprint density at radius 3 is 2.61 bits per heavy atom. The van der Waals surface area contributed by atoms with Crippen molar-refractivity contribution in [1.29, 1.82) is 0 Å². The molecule has 2 N–H and O–H groups in total. The molecule has 0 radical (unpaired) electrons. The number of anilines is 1. The maximum absolute atomic E-state index is 12.0. The summed E-state index contributed by atoms with van der Waals surface area (Å²) in [5.41, 5.74) is 0.612. The zero-order valence-electron chi connectivity index (χ0n) is 14.9. The molecule has 1 unspecified atom stereocenters. The Morgan fingerprint density at radius 1 is 1.39 bits per heavy atom. The number of carbonyl (C=O) groups excluding carboxylic acids is 1. The van der Waals surface area contributed by atoms with Crippen molar-refractivity contribution in [1.82, 2.24) is 4.90 Å². The Labute approximate surface area is 143 Å². The quantitative estimate of drug-likeness (QED) is 0.503. The Morgan fingerprint density at radius 2 is 2.09 bits per heavy atom. The highest BCUT2D eigenvalue weighted by atomic mass is 32.1. The van der Waals surface area contributed by atoms with Gasteiger partial charge in [0, 0.05) is 24.0 Å². The van der Waals surface area contributed by atoms with Gasteiger partial charge in [-0.3, -0.25) is 4.90 Å². The van der Waals surface area contributed by atoms with Crippen LogP contribution < -0.4 is 5.32 Å². The number of esters is 1. The minimum absolute atomic E-state index is 0.0958. The number of rotatable bonds is 10. The minimum Gasteiger partial charge on any atom is -0.465 e. The number of aliphatic hydroxyl groups is 1. The molecule has 0 saturated heterocycles. The average Bonchev–Trinajstić information content (AvgIpc) is 2.93. The highest BCUT2D eigenvalue weighted by molar-refractivity contribution is 7.16. The lowest BCUT2D eigenvalue weighted by molar-refractivity contribution is 0.0602. The maximum atomic E-state index is 12.0. The first-order valence-corrected chi connectivity index (χ1v) is 9.06. The lowest BCUT2D eigenvalue weighted by Gasteiger charge is -2.20. The predicted molar refractivity (Wildman–Crippen MR) is 96.4 cm³/mol. The van der Waals surface area contributed by atoms with Crippen LogP contribution in [0.5, 0.6) is 0 Å². The predicted octanol–water partition coefficient (Wildman–Crippen LogP) is 3.51. The molecule has 23 heavy (non-hydrogen) atoms. The van der Waals surface area contributed by atoms with Gasteiger partial charge in [-0.25, -0.2) is 4.79 Å². The van der Waals surface area contributed by atoms with Gasteiger partial charge in [-0.05, 0) is 38.7 Å². The molecule has 0 aromatic carbocycles. The number of hydrogen-bond acceptors (Lipinski definition) is 6. The van der Waals surface area contributed by atoms with E-state index in [1.807, 2.05) is 24.8 Å². The van der Waals surface area contributed by atoms with Gasteiger partial charge in [0.1, 0.15) is 5.00 Å². The summed E-state index contributed by atoms with van der Waals surface area (Å²) >= 11 is 1.62. The maximum Gasteiger partial charge on any atom is 0.340 e. The van der Waals surface area contributed by atoms with E-state index in [1.165, 1.54) is 12.0 Å². The van der Waals surface area contributed by atoms with Crippen LogP contribution >= 0.6 is 11.3 Å². The van der Waals surface area contributed by atoms with Crippen LogP contribution in [0.1, 0.15) is 61.7 Å². The summed E-state index contributed by atoms with van der Waals surface area (Å²) in [6.07, 6.45) is 1.98. The van der Waals surface area contributed by atoms with Crippen LogP contribution in [0.2, 0.25) is 0 Å². The van der Waals surface area contributed by atoms with Gasteiger partial charge in [0.05, 0.1) is 19.4 Å². The van der Waals surface area contributed by atoms with E-state index in [-0.39, 0.29) is 18.7 Å². The second kappa shape index (κ2) is 9.90. The smallest absolute Gasteiger partial charge is 0.340 e. The summed E-state index contributed by atoms with van der Waals surface area (Å²) in [6, 6.07) is 2.20. The highest BCUT2D eigenvalue weighted by Gasteiger charge is 2.20. The standard InChI is InChI=1S/C17H30N2O3S/c1-6-8-19(11-20)9-7-13(4)15-10-14(17(21)22-5)16(23-15)18-12(2)3/h10,12-13,18,20H,6-9,11H2,1-5H3. The number of nitrogens with one attached hydrogen (secondary N) is 1. The Bertz CT molecular complexity index is 488. The second-order valence-electron chi connectivity index (χ2n) is 6.13. The monoisotopic (exact) mass is 342 g/mol. The number of thiophene rings is 1. The molecule has 1 aromatic rings. The lowest BCUT2D eigenvalue weighted by Crippen LogP contribution is -2.27. The van der Waals surface area contributed by atoms with Crippen LogP contribution in [0.15, 0.2) is 6.07 Å². The molecule has 1 rings (SSSR count). The normalized spacial score (nSPS) is 12.7. The highest BCUT2D eigenvalue weighted by Crippen LogP contribution is 2.35. The summed E-state index contributed by atoms with van der Waals surface area (Å²) in [5, 5.41) is 13.6. The number of methoxy groups -OCH3 is 1. The third-order valence-corrected chi connectivity index (χ3v) is 4.98. The van der Waals surface area contributed by atoms with Crippen molar-refractivity contribution in [2.24, 2.45) is 0 Å². The van der Waals surface area contributed by atoms with E-state index in [0.717, 1.165) is 30.9 Å². The van der Waals surface area contributed by atoms with Crippen LogP contribution in [-0.2, 0) is 4.74 Å². The van der Waals surface area contributed by atoms with Gasteiger partial charge in [-0.15, -0.1) is 11.3 Å². The third kappa shape index (κ3) is 6.12. The molecule has 0 spiro atoms. The van der Waals surface area contributed by atoms with E-state index in [4.69, 9.17) is 4.74 Å². The molecule has 0 amide bonds. The molecule has 1 atom stereocenters. The molecule has 0 bridgehead atoms. The molecule has 5 nitrogen and oxygen atoms in total. The zero-order chi connectivity index (χ0) is 17.4. The van der Waals surface area contributed by atoms with Crippen LogP contribution in [0.25, 0.3) is 0 Å². The molecule has 132 valence electrons. The summed E-state index contributed by atoms with van der Waals surface area (Å²) in [7, 11) is 1.41. The van der Waals surface area contributed by atoms with Gasteiger partial charge in [-0.1, -0.05) is 13.8 Å². The molecule has 0 fully saturated rings. The fourth-order valence-electron chi connectivity index (χ4n) is 2.37. The van der Waals surface area contributed by atoms with E-state index < -0.39 is 0 Å². The van der Waals surface area contributed by atoms with Crippen molar-refractivity contribution in [3.63, 3.8) is 0 Å². The first-order valence-electron chi connectivity index (χ1n) is 8.24. The second-order valence-corrected chi connectivity index (χ2v) is 7.22. The van der Waals surface area contributed by atoms with Crippen LogP contribution in [0, 0.1) is 0 Å². The van der Waals surface area contributed by atoms with Crippen LogP contribution in [0.3, 0.4) is 0 Å². The van der Waals surface area contributed by atoms with Gasteiger partial charge in [0.2, 0.25) is 0 Å². The minimum atomic E-state index is -0.300. The van der Waals surface area contributed by atoms with Crippen LogP contribution in [-0.4, -0.2) is 48.9 Å². The molecular formula is C17H30N2O3S. The molecule has 6 heteroatoms. The SMILES string of the molecule is CCCN(CO)CCC(C)c1cc(C(=O)OC)c(NC(C)C)s1. The first kappa shape index (κ1) is 19.9. The number of hydrogen-bond donors (Lipinski definition) is 2. The summed E-state index contributed by atoms with van der Waals surface area (Å²) < 4.78 is 4.89. The third-order valence-electron chi connectivity index (χ3n) is 3.68. The number of nitrogens with zero attached hydrogens (tertiary/aromatic N) is 1.